The number of benzene rings is 2. The number of nitrogens with zero attached hydrogens (tertiary/aromatic N) is 1. The third kappa shape index (κ3) is 7.43. The van der Waals surface area contributed by atoms with E-state index in [4.69, 9.17) is 4.74 Å². The van der Waals surface area contributed by atoms with Gasteiger partial charge in [0, 0.05) is 26.2 Å². The fraction of sp³-hybridized carbons (Fsp3) is 0.417. The fourth-order valence-corrected chi connectivity index (χ4v) is 3.09. The lowest BCUT2D eigenvalue weighted by molar-refractivity contribution is -0.123. The van der Waals surface area contributed by atoms with Gasteiger partial charge in [-0.25, -0.2) is 0 Å². The third-order valence-corrected chi connectivity index (χ3v) is 5.11. The number of rotatable bonds is 10. The van der Waals surface area contributed by atoms with Crippen LogP contribution in [0.25, 0.3) is 0 Å². The Morgan fingerprint density at radius 3 is 2.50 bits per heavy atom. The zero-order valence-corrected chi connectivity index (χ0v) is 17.9. The molecular weight excluding hydrogens is 376 g/mol. The zero-order chi connectivity index (χ0) is 21.2. The Labute approximate surface area is 179 Å². The molecule has 6 nitrogen and oxygen atoms in total. The Morgan fingerprint density at radius 1 is 1.10 bits per heavy atom. The van der Waals surface area contributed by atoms with Crippen LogP contribution in [0.2, 0.25) is 0 Å². The van der Waals surface area contributed by atoms with E-state index >= 15 is 0 Å². The van der Waals surface area contributed by atoms with Crippen molar-refractivity contribution >= 4 is 11.9 Å². The number of hydrogen-bond donors (Lipinski definition) is 3. The number of carbonyl (C=O) groups excluding carboxylic acids is 1. The van der Waals surface area contributed by atoms with Crippen LogP contribution in [0.15, 0.2) is 59.6 Å². The standard InChI is InChI=1S/C24H32N4O2/c1-18(20-6-4-3-5-7-20)16-27-24(25-2)26-15-14-19-8-12-22(13-9-19)30-17-23(29)28-21-10-11-21/h3-9,12-13,18,21H,10-11,14-17H2,1-2H3,(H,28,29)(H2,25,26,27). The molecule has 0 heterocycles. The van der Waals surface area contributed by atoms with Crippen molar-refractivity contribution in [3.8, 4) is 5.75 Å². The summed E-state index contributed by atoms with van der Waals surface area (Å²) < 4.78 is 5.55. The molecule has 1 amide bonds. The van der Waals surface area contributed by atoms with Crippen LogP contribution >= 0.6 is 0 Å². The lowest BCUT2D eigenvalue weighted by Crippen LogP contribution is -2.39. The van der Waals surface area contributed by atoms with E-state index in [9.17, 15) is 4.79 Å². The summed E-state index contributed by atoms with van der Waals surface area (Å²) in [6.07, 6.45) is 3.04. The molecule has 30 heavy (non-hydrogen) atoms. The Bertz CT molecular complexity index is 817. The van der Waals surface area contributed by atoms with Crippen LogP contribution in [0, 0.1) is 0 Å². The quantitative estimate of drug-likeness (QED) is 0.417. The largest absolute Gasteiger partial charge is 0.484 e. The Morgan fingerprint density at radius 2 is 1.83 bits per heavy atom. The van der Waals surface area contributed by atoms with E-state index in [0.29, 0.717) is 17.7 Å². The van der Waals surface area contributed by atoms with Crippen LogP contribution in [0.3, 0.4) is 0 Å². The van der Waals surface area contributed by atoms with Gasteiger partial charge in [0.2, 0.25) is 0 Å². The molecule has 160 valence electrons. The number of ether oxygens (including phenoxy) is 1. The molecule has 3 N–H and O–H groups in total. The molecule has 1 fully saturated rings. The van der Waals surface area contributed by atoms with E-state index in [-0.39, 0.29) is 12.5 Å². The van der Waals surface area contributed by atoms with Crippen molar-refractivity contribution in [3.63, 3.8) is 0 Å². The van der Waals surface area contributed by atoms with Gasteiger partial charge in [0.1, 0.15) is 5.75 Å². The van der Waals surface area contributed by atoms with Crippen molar-refractivity contribution in [1.82, 2.24) is 16.0 Å². The van der Waals surface area contributed by atoms with Gasteiger partial charge < -0.3 is 20.7 Å². The first-order valence-corrected chi connectivity index (χ1v) is 10.6. The molecule has 0 radical (unpaired) electrons. The highest BCUT2D eigenvalue weighted by molar-refractivity contribution is 5.79. The maximum Gasteiger partial charge on any atom is 0.258 e. The Hall–Kier alpha value is -3.02. The second-order valence-corrected chi connectivity index (χ2v) is 7.72. The van der Waals surface area contributed by atoms with Gasteiger partial charge in [0.25, 0.3) is 5.91 Å². The molecule has 1 aliphatic rings. The van der Waals surface area contributed by atoms with E-state index in [0.717, 1.165) is 38.3 Å². The second kappa shape index (κ2) is 11.2. The molecule has 1 aliphatic carbocycles. The lowest BCUT2D eigenvalue weighted by atomic mass is 10.0. The van der Waals surface area contributed by atoms with E-state index in [1.54, 1.807) is 7.05 Å². The van der Waals surface area contributed by atoms with Gasteiger partial charge >= 0.3 is 0 Å². The van der Waals surface area contributed by atoms with Crippen LogP contribution in [-0.4, -0.2) is 44.7 Å². The monoisotopic (exact) mass is 408 g/mol. The van der Waals surface area contributed by atoms with E-state index in [1.165, 1.54) is 11.1 Å². The first-order chi connectivity index (χ1) is 14.6. The van der Waals surface area contributed by atoms with Crippen molar-refractivity contribution in [1.29, 1.82) is 0 Å². The molecule has 0 aliphatic heterocycles. The van der Waals surface area contributed by atoms with Gasteiger partial charge in [-0.1, -0.05) is 49.4 Å². The van der Waals surface area contributed by atoms with Gasteiger partial charge in [-0.05, 0) is 48.4 Å². The van der Waals surface area contributed by atoms with Gasteiger partial charge in [0.05, 0.1) is 0 Å². The predicted molar refractivity (Wildman–Crippen MR) is 121 cm³/mol. The smallest absolute Gasteiger partial charge is 0.258 e. The summed E-state index contributed by atoms with van der Waals surface area (Å²) in [5.41, 5.74) is 2.51. The minimum absolute atomic E-state index is 0.0498. The van der Waals surface area contributed by atoms with Crippen LogP contribution in [0.4, 0.5) is 0 Å². The number of carbonyl (C=O) groups is 1. The maximum absolute atomic E-state index is 11.7. The van der Waals surface area contributed by atoms with Crippen molar-refractivity contribution in [3.05, 3.63) is 65.7 Å². The first kappa shape index (κ1) is 21.7. The highest BCUT2D eigenvalue weighted by Gasteiger charge is 2.23. The maximum atomic E-state index is 11.7. The SMILES string of the molecule is CN=C(NCCc1ccc(OCC(=O)NC2CC2)cc1)NCC(C)c1ccccc1. The van der Waals surface area contributed by atoms with Crippen LogP contribution in [-0.2, 0) is 11.2 Å². The lowest BCUT2D eigenvalue weighted by Gasteiger charge is -2.16. The average molecular weight is 409 g/mol. The Kier molecular flexibility index (Phi) is 8.12. The zero-order valence-electron chi connectivity index (χ0n) is 17.9. The molecule has 0 spiro atoms. The van der Waals surface area contributed by atoms with Crippen LogP contribution in [0.5, 0.6) is 5.75 Å². The minimum atomic E-state index is -0.0498. The molecule has 6 heteroatoms. The molecule has 1 unspecified atom stereocenters. The summed E-state index contributed by atoms with van der Waals surface area (Å²) in [6.45, 7) is 3.88. The Balaban J connectivity index is 1.34. The normalized spacial score (nSPS) is 14.7. The van der Waals surface area contributed by atoms with Crippen LogP contribution in [0.1, 0.15) is 36.8 Å². The van der Waals surface area contributed by atoms with E-state index < -0.39 is 0 Å². The summed E-state index contributed by atoms with van der Waals surface area (Å²) in [5.74, 6) is 1.87. The van der Waals surface area contributed by atoms with Crippen LogP contribution < -0.4 is 20.7 Å². The molecule has 1 atom stereocenters. The molecule has 1 saturated carbocycles. The predicted octanol–water partition coefficient (Wildman–Crippen LogP) is 2.86. The second-order valence-electron chi connectivity index (χ2n) is 7.72. The molecule has 0 saturated heterocycles. The average Bonchev–Trinajstić information content (AvgIpc) is 3.60. The van der Waals surface area contributed by atoms with Crippen molar-refractivity contribution in [2.24, 2.45) is 4.99 Å². The number of hydrogen-bond acceptors (Lipinski definition) is 3. The summed E-state index contributed by atoms with van der Waals surface area (Å²) in [5, 5.41) is 9.66. The van der Waals surface area contributed by atoms with Gasteiger partial charge in [-0.3, -0.25) is 9.79 Å². The molecule has 2 aromatic rings. The van der Waals surface area contributed by atoms with E-state index in [2.05, 4.69) is 52.1 Å². The summed E-state index contributed by atoms with van der Waals surface area (Å²) in [4.78, 5) is 16.0. The molecule has 2 aromatic carbocycles. The first-order valence-electron chi connectivity index (χ1n) is 10.6. The molecule has 0 aromatic heterocycles. The fourth-order valence-electron chi connectivity index (χ4n) is 3.09. The summed E-state index contributed by atoms with van der Waals surface area (Å²) in [7, 11) is 1.79. The van der Waals surface area contributed by atoms with Gasteiger partial charge in [-0.2, -0.15) is 0 Å². The summed E-state index contributed by atoms with van der Waals surface area (Å²) in [6, 6.07) is 18.7. The van der Waals surface area contributed by atoms with Crippen molar-refractivity contribution in [2.45, 2.75) is 38.1 Å². The van der Waals surface area contributed by atoms with Gasteiger partial charge in [0.15, 0.2) is 12.6 Å². The molecule has 0 bridgehead atoms. The van der Waals surface area contributed by atoms with E-state index in [1.807, 2.05) is 30.3 Å². The molecular formula is C24H32N4O2. The number of guanidine groups is 1. The third-order valence-electron chi connectivity index (χ3n) is 5.11. The summed E-state index contributed by atoms with van der Waals surface area (Å²) >= 11 is 0. The number of aliphatic imine (C=N–C) groups is 1. The highest BCUT2D eigenvalue weighted by atomic mass is 16.5. The number of nitrogens with one attached hydrogen (secondary N) is 3. The molecule has 3 rings (SSSR count). The van der Waals surface area contributed by atoms with Crippen molar-refractivity contribution in [2.75, 3.05) is 26.7 Å². The highest BCUT2D eigenvalue weighted by Crippen LogP contribution is 2.18. The van der Waals surface area contributed by atoms with Gasteiger partial charge in [-0.15, -0.1) is 0 Å². The van der Waals surface area contributed by atoms with Crippen molar-refractivity contribution < 1.29 is 9.53 Å². The number of amides is 1. The minimum Gasteiger partial charge on any atom is -0.484 e. The topological polar surface area (TPSA) is 74.8 Å².